The van der Waals surface area contributed by atoms with Gasteiger partial charge in [0.15, 0.2) is 0 Å². The zero-order valence-electron chi connectivity index (χ0n) is 11.2. The Balaban J connectivity index is 2.08. The van der Waals surface area contributed by atoms with Crippen LogP contribution in [0.15, 0.2) is 40.9 Å². The summed E-state index contributed by atoms with van der Waals surface area (Å²) in [6, 6.07) is 6.96. The first-order chi connectivity index (χ1) is 9.62. The number of hydrogen-bond donors (Lipinski definition) is 2. The van der Waals surface area contributed by atoms with Gasteiger partial charge in [-0.1, -0.05) is 19.1 Å². The highest BCUT2D eigenvalue weighted by Crippen LogP contribution is 2.13. The Kier molecular flexibility index (Phi) is 5.24. The molecule has 1 aromatic carbocycles. The van der Waals surface area contributed by atoms with Crippen molar-refractivity contribution in [1.82, 2.24) is 15.0 Å². The van der Waals surface area contributed by atoms with Gasteiger partial charge in [0, 0.05) is 24.2 Å². The second-order valence-corrected chi connectivity index (χ2v) is 6.96. The third-order valence-electron chi connectivity index (χ3n) is 2.71. The molecule has 1 aromatic heterocycles. The van der Waals surface area contributed by atoms with Crippen LogP contribution in [0.3, 0.4) is 0 Å². The standard InChI is InChI=1S/C13H17N3O2S2/c1-2-14-7-11-4-3-5-13(6-11)20(17,18)16-9-12-8-15-10-19-12/h3-6,8,10,14,16H,2,7,9H2,1H3. The monoisotopic (exact) mass is 311 g/mol. The number of thiazole rings is 1. The van der Waals surface area contributed by atoms with E-state index in [1.54, 1.807) is 29.9 Å². The number of rotatable bonds is 7. The molecule has 0 saturated carbocycles. The van der Waals surface area contributed by atoms with Gasteiger partial charge in [-0.3, -0.25) is 4.98 Å². The molecule has 2 N–H and O–H groups in total. The maximum absolute atomic E-state index is 12.2. The van der Waals surface area contributed by atoms with E-state index in [-0.39, 0.29) is 11.4 Å². The molecule has 0 radical (unpaired) electrons. The molecular formula is C13H17N3O2S2. The molecule has 0 aliphatic rings. The summed E-state index contributed by atoms with van der Waals surface area (Å²) >= 11 is 1.43. The van der Waals surface area contributed by atoms with Crippen LogP contribution in [0, 0.1) is 0 Å². The van der Waals surface area contributed by atoms with Gasteiger partial charge in [0.1, 0.15) is 0 Å². The first-order valence-corrected chi connectivity index (χ1v) is 8.65. The van der Waals surface area contributed by atoms with Gasteiger partial charge < -0.3 is 5.32 Å². The number of sulfonamides is 1. The SMILES string of the molecule is CCNCc1cccc(S(=O)(=O)NCc2cncs2)c1. The summed E-state index contributed by atoms with van der Waals surface area (Å²) < 4.78 is 27.0. The summed E-state index contributed by atoms with van der Waals surface area (Å²) in [6.07, 6.45) is 1.66. The van der Waals surface area contributed by atoms with E-state index in [9.17, 15) is 8.42 Å². The Morgan fingerprint density at radius 3 is 2.85 bits per heavy atom. The molecule has 108 valence electrons. The zero-order chi connectivity index (χ0) is 14.4. The van der Waals surface area contributed by atoms with Crippen LogP contribution in [0.25, 0.3) is 0 Å². The van der Waals surface area contributed by atoms with Crippen molar-refractivity contribution in [2.75, 3.05) is 6.54 Å². The summed E-state index contributed by atoms with van der Waals surface area (Å²) in [7, 11) is -3.48. The van der Waals surface area contributed by atoms with Crippen molar-refractivity contribution in [1.29, 1.82) is 0 Å². The minimum Gasteiger partial charge on any atom is -0.313 e. The molecule has 0 amide bonds. The quantitative estimate of drug-likeness (QED) is 0.817. The lowest BCUT2D eigenvalue weighted by Crippen LogP contribution is -2.23. The molecule has 0 aliphatic carbocycles. The number of nitrogens with zero attached hydrogens (tertiary/aromatic N) is 1. The summed E-state index contributed by atoms with van der Waals surface area (Å²) in [6.45, 7) is 3.79. The normalized spacial score (nSPS) is 11.7. The van der Waals surface area contributed by atoms with Crippen molar-refractivity contribution in [2.45, 2.75) is 24.9 Å². The van der Waals surface area contributed by atoms with E-state index in [0.717, 1.165) is 17.0 Å². The molecule has 0 fully saturated rings. The van der Waals surface area contributed by atoms with E-state index >= 15 is 0 Å². The zero-order valence-corrected chi connectivity index (χ0v) is 12.8. The molecule has 2 aromatic rings. The Bertz CT molecular complexity index is 639. The van der Waals surface area contributed by atoms with Crippen LogP contribution < -0.4 is 10.0 Å². The Labute approximate surface area is 123 Å². The topological polar surface area (TPSA) is 71.1 Å². The highest BCUT2D eigenvalue weighted by Gasteiger charge is 2.14. The number of aromatic nitrogens is 1. The second kappa shape index (κ2) is 6.94. The highest BCUT2D eigenvalue weighted by atomic mass is 32.2. The van der Waals surface area contributed by atoms with Crippen molar-refractivity contribution >= 4 is 21.4 Å². The van der Waals surface area contributed by atoms with Gasteiger partial charge in [-0.15, -0.1) is 11.3 Å². The van der Waals surface area contributed by atoms with Crippen LogP contribution in [0.4, 0.5) is 0 Å². The summed E-state index contributed by atoms with van der Waals surface area (Å²) in [4.78, 5) is 5.09. The molecule has 0 atom stereocenters. The molecule has 7 heteroatoms. The van der Waals surface area contributed by atoms with E-state index in [2.05, 4.69) is 15.0 Å². The lowest BCUT2D eigenvalue weighted by molar-refractivity contribution is 0.581. The molecule has 0 saturated heterocycles. The van der Waals surface area contributed by atoms with Gasteiger partial charge in [0.25, 0.3) is 0 Å². The van der Waals surface area contributed by atoms with Crippen molar-refractivity contribution in [2.24, 2.45) is 0 Å². The van der Waals surface area contributed by atoms with E-state index in [1.807, 2.05) is 13.0 Å². The highest BCUT2D eigenvalue weighted by molar-refractivity contribution is 7.89. The Hall–Kier alpha value is -1.28. The summed E-state index contributed by atoms with van der Waals surface area (Å²) in [5.74, 6) is 0. The minimum atomic E-state index is -3.48. The van der Waals surface area contributed by atoms with Crippen molar-refractivity contribution in [3.63, 3.8) is 0 Å². The smallest absolute Gasteiger partial charge is 0.240 e. The summed E-state index contributed by atoms with van der Waals surface area (Å²) in [5, 5.41) is 3.18. The Morgan fingerprint density at radius 2 is 2.15 bits per heavy atom. The van der Waals surface area contributed by atoms with Gasteiger partial charge >= 0.3 is 0 Å². The predicted octanol–water partition coefficient (Wildman–Crippen LogP) is 1.73. The van der Waals surface area contributed by atoms with Crippen molar-refractivity contribution in [3.05, 3.63) is 46.4 Å². The van der Waals surface area contributed by atoms with Crippen LogP contribution in [0.5, 0.6) is 0 Å². The van der Waals surface area contributed by atoms with Crippen LogP contribution >= 0.6 is 11.3 Å². The average molecular weight is 311 g/mol. The van der Waals surface area contributed by atoms with E-state index in [1.165, 1.54) is 11.3 Å². The number of hydrogen-bond acceptors (Lipinski definition) is 5. The summed E-state index contributed by atoms with van der Waals surface area (Å²) in [5.41, 5.74) is 2.63. The lowest BCUT2D eigenvalue weighted by atomic mass is 10.2. The molecule has 2 rings (SSSR count). The molecule has 0 aliphatic heterocycles. The van der Waals surface area contributed by atoms with Crippen LogP contribution in [0.2, 0.25) is 0 Å². The molecule has 0 spiro atoms. The fourth-order valence-corrected chi connectivity index (χ4v) is 3.37. The van der Waals surface area contributed by atoms with Crippen molar-refractivity contribution < 1.29 is 8.42 Å². The fourth-order valence-electron chi connectivity index (χ4n) is 1.67. The van der Waals surface area contributed by atoms with Crippen LogP contribution in [-0.4, -0.2) is 19.9 Å². The van der Waals surface area contributed by atoms with Gasteiger partial charge in [-0.2, -0.15) is 0 Å². The van der Waals surface area contributed by atoms with E-state index in [4.69, 9.17) is 0 Å². The third kappa shape index (κ3) is 4.11. The molecular weight excluding hydrogens is 294 g/mol. The minimum absolute atomic E-state index is 0.268. The molecule has 20 heavy (non-hydrogen) atoms. The Morgan fingerprint density at radius 1 is 1.30 bits per heavy atom. The average Bonchev–Trinajstić information content (AvgIpc) is 2.97. The first kappa shape index (κ1) is 15.1. The number of nitrogens with one attached hydrogen (secondary N) is 2. The van der Waals surface area contributed by atoms with Gasteiger partial charge in [0.2, 0.25) is 10.0 Å². The lowest BCUT2D eigenvalue weighted by Gasteiger charge is -2.08. The van der Waals surface area contributed by atoms with E-state index in [0.29, 0.717) is 6.54 Å². The fraction of sp³-hybridized carbons (Fsp3) is 0.308. The molecule has 1 heterocycles. The molecule has 0 bridgehead atoms. The van der Waals surface area contributed by atoms with Gasteiger partial charge in [-0.25, -0.2) is 13.1 Å². The van der Waals surface area contributed by atoms with Gasteiger partial charge in [0.05, 0.1) is 10.4 Å². The van der Waals surface area contributed by atoms with Crippen LogP contribution in [0.1, 0.15) is 17.4 Å². The second-order valence-electron chi connectivity index (χ2n) is 4.22. The first-order valence-electron chi connectivity index (χ1n) is 6.28. The molecule has 5 nitrogen and oxygen atoms in total. The molecule has 0 unspecified atom stereocenters. The maximum Gasteiger partial charge on any atom is 0.240 e. The van der Waals surface area contributed by atoms with Crippen molar-refractivity contribution in [3.8, 4) is 0 Å². The largest absolute Gasteiger partial charge is 0.313 e. The maximum atomic E-state index is 12.2. The van der Waals surface area contributed by atoms with Gasteiger partial charge in [-0.05, 0) is 24.2 Å². The van der Waals surface area contributed by atoms with E-state index < -0.39 is 10.0 Å². The van der Waals surface area contributed by atoms with Crippen LogP contribution in [-0.2, 0) is 23.1 Å². The third-order valence-corrected chi connectivity index (χ3v) is 4.89. The number of benzene rings is 1. The predicted molar refractivity (Wildman–Crippen MR) is 80.0 cm³/mol.